The molecule has 0 aliphatic heterocycles. The smallest absolute Gasteiger partial charge is 0.238 e. The lowest BCUT2D eigenvalue weighted by atomic mass is 10.3. The highest BCUT2D eigenvalue weighted by molar-refractivity contribution is 6.43. The molecule has 0 saturated carbocycles. The van der Waals surface area contributed by atoms with Crippen molar-refractivity contribution in [2.24, 2.45) is 0 Å². The van der Waals surface area contributed by atoms with Crippen LogP contribution in [0.4, 0.5) is 0 Å². The first-order chi connectivity index (χ1) is 10.1. The van der Waals surface area contributed by atoms with Crippen LogP contribution in [0.25, 0.3) is 0 Å². The number of hydrogen-bond acceptors (Lipinski definition) is 4. The summed E-state index contributed by atoms with van der Waals surface area (Å²) in [6, 6.07) is 6.65. The average Bonchev–Trinajstić information content (AvgIpc) is 2.47. The van der Waals surface area contributed by atoms with Gasteiger partial charge in [0, 0.05) is 18.7 Å². The number of rotatable bonds is 6. The highest BCUT2D eigenvalue weighted by Gasteiger charge is 2.09. The van der Waals surface area contributed by atoms with Gasteiger partial charge >= 0.3 is 0 Å². The van der Waals surface area contributed by atoms with Gasteiger partial charge in [-0.2, -0.15) is 5.10 Å². The number of benzene rings is 1. The average molecular weight is 347 g/mol. The molecule has 1 aromatic carbocycles. The number of aromatic nitrogens is 2. The molecule has 0 aliphatic carbocycles. The summed E-state index contributed by atoms with van der Waals surface area (Å²) in [6.45, 7) is 3.73. The Hall–Kier alpha value is -1.07. The fraction of sp³-hybridized carbons (Fsp3) is 0.286. The zero-order valence-corrected chi connectivity index (χ0v) is 13.6. The molecule has 2 aromatic rings. The number of nitrogens with one attached hydrogen (secondary N) is 1. The predicted octanol–water partition coefficient (Wildman–Crippen LogP) is 4.73. The van der Waals surface area contributed by atoms with Crippen molar-refractivity contribution in [2.75, 3.05) is 6.54 Å². The topological polar surface area (TPSA) is 47.0 Å². The predicted molar refractivity (Wildman–Crippen MR) is 85.6 cm³/mol. The summed E-state index contributed by atoms with van der Waals surface area (Å²) in [4.78, 5) is 0. The molecule has 0 bridgehead atoms. The van der Waals surface area contributed by atoms with Gasteiger partial charge in [-0.3, -0.25) is 0 Å². The van der Waals surface area contributed by atoms with E-state index in [9.17, 15) is 0 Å². The molecular weight excluding hydrogens is 333 g/mol. The maximum Gasteiger partial charge on any atom is 0.238 e. The molecule has 0 aliphatic rings. The second-order valence-electron chi connectivity index (χ2n) is 4.34. The van der Waals surface area contributed by atoms with Crippen molar-refractivity contribution in [3.8, 4) is 11.6 Å². The summed E-state index contributed by atoms with van der Waals surface area (Å²) in [5.74, 6) is 0.728. The van der Waals surface area contributed by atoms with E-state index in [0.29, 0.717) is 33.2 Å². The molecule has 0 radical (unpaired) electrons. The van der Waals surface area contributed by atoms with E-state index in [1.165, 1.54) is 6.07 Å². The van der Waals surface area contributed by atoms with Crippen molar-refractivity contribution in [1.29, 1.82) is 0 Å². The van der Waals surface area contributed by atoms with E-state index >= 15 is 0 Å². The Morgan fingerprint density at radius 1 is 1.05 bits per heavy atom. The van der Waals surface area contributed by atoms with Gasteiger partial charge < -0.3 is 10.1 Å². The molecule has 2 rings (SSSR count). The van der Waals surface area contributed by atoms with Gasteiger partial charge in [0.1, 0.15) is 5.75 Å². The Morgan fingerprint density at radius 2 is 1.81 bits per heavy atom. The minimum atomic E-state index is 0.342. The Balaban J connectivity index is 2.05. The van der Waals surface area contributed by atoms with Crippen molar-refractivity contribution < 1.29 is 4.74 Å². The molecule has 0 fully saturated rings. The first-order valence-corrected chi connectivity index (χ1v) is 7.59. The van der Waals surface area contributed by atoms with Crippen LogP contribution in [0.3, 0.4) is 0 Å². The lowest BCUT2D eigenvalue weighted by Gasteiger charge is -2.08. The van der Waals surface area contributed by atoms with Crippen molar-refractivity contribution >= 4 is 34.8 Å². The molecular formula is C14H14Cl3N3O. The molecule has 1 N–H and O–H groups in total. The summed E-state index contributed by atoms with van der Waals surface area (Å²) >= 11 is 17.8. The van der Waals surface area contributed by atoms with Crippen molar-refractivity contribution in [1.82, 2.24) is 15.5 Å². The Morgan fingerprint density at radius 3 is 2.48 bits per heavy atom. The standard InChI is InChI=1S/C14H14Cl3N3O/c1-2-5-18-8-9-3-4-14(20-19-9)21-13-7-11(16)10(15)6-12(13)17/h3-4,6-7,18H,2,5,8H2,1H3. The minimum Gasteiger partial charge on any atom is -0.436 e. The number of hydrogen-bond donors (Lipinski definition) is 1. The first-order valence-electron chi connectivity index (χ1n) is 6.46. The molecule has 7 heteroatoms. The summed E-state index contributed by atoms with van der Waals surface area (Å²) in [6.07, 6.45) is 1.07. The normalized spacial score (nSPS) is 10.7. The third-order valence-corrected chi connectivity index (χ3v) is 3.64. The SMILES string of the molecule is CCCNCc1ccc(Oc2cc(Cl)c(Cl)cc2Cl)nn1. The second kappa shape index (κ2) is 7.80. The lowest BCUT2D eigenvalue weighted by Crippen LogP contribution is -2.15. The van der Waals surface area contributed by atoms with Gasteiger partial charge in [0.15, 0.2) is 0 Å². The van der Waals surface area contributed by atoms with E-state index in [0.717, 1.165) is 18.7 Å². The lowest BCUT2D eigenvalue weighted by molar-refractivity contribution is 0.453. The summed E-state index contributed by atoms with van der Waals surface area (Å²) in [5.41, 5.74) is 0.844. The summed E-state index contributed by atoms with van der Waals surface area (Å²) < 4.78 is 5.56. The molecule has 0 spiro atoms. The van der Waals surface area contributed by atoms with Gasteiger partial charge in [-0.25, -0.2) is 0 Å². The van der Waals surface area contributed by atoms with E-state index in [1.807, 2.05) is 6.07 Å². The van der Waals surface area contributed by atoms with Gasteiger partial charge in [-0.15, -0.1) is 5.10 Å². The third kappa shape index (κ3) is 4.71. The molecule has 0 atom stereocenters. The van der Waals surface area contributed by atoms with E-state index in [2.05, 4.69) is 22.4 Å². The Kier molecular flexibility index (Phi) is 6.06. The van der Waals surface area contributed by atoms with Crippen LogP contribution in [-0.4, -0.2) is 16.7 Å². The highest BCUT2D eigenvalue weighted by Crippen LogP contribution is 2.35. The molecule has 21 heavy (non-hydrogen) atoms. The quantitative estimate of drug-likeness (QED) is 0.607. The van der Waals surface area contributed by atoms with Crippen LogP contribution in [0, 0.1) is 0 Å². The number of nitrogens with zero attached hydrogens (tertiary/aromatic N) is 2. The summed E-state index contributed by atoms with van der Waals surface area (Å²) in [5, 5.41) is 12.4. The highest BCUT2D eigenvalue weighted by atomic mass is 35.5. The van der Waals surface area contributed by atoms with E-state index < -0.39 is 0 Å². The van der Waals surface area contributed by atoms with Crippen LogP contribution >= 0.6 is 34.8 Å². The maximum atomic E-state index is 6.04. The van der Waals surface area contributed by atoms with Crippen LogP contribution in [0.1, 0.15) is 19.0 Å². The second-order valence-corrected chi connectivity index (χ2v) is 5.56. The van der Waals surface area contributed by atoms with Crippen molar-refractivity contribution in [3.63, 3.8) is 0 Å². The number of halogens is 3. The fourth-order valence-electron chi connectivity index (χ4n) is 1.58. The Bertz CT molecular complexity index is 605. The third-order valence-electron chi connectivity index (χ3n) is 2.62. The molecule has 1 heterocycles. The van der Waals surface area contributed by atoms with Crippen molar-refractivity contribution in [2.45, 2.75) is 19.9 Å². The first kappa shape index (κ1) is 16.3. The van der Waals surface area contributed by atoms with Gasteiger partial charge in [0.2, 0.25) is 5.88 Å². The molecule has 112 valence electrons. The van der Waals surface area contributed by atoms with Crippen LogP contribution in [0.5, 0.6) is 11.6 Å². The van der Waals surface area contributed by atoms with Gasteiger partial charge in [-0.1, -0.05) is 41.7 Å². The maximum absolute atomic E-state index is 6.04. The summed E-state index contributed by atoms with van der Waals surface area (Å²) in [7, 11) is 0. The van der Waals surface area contributed by atoms with E-state index in [1.54, 1.807) is 12.1 Å². The van der Waals surface area contributed by atoms with E-state index in [-0.39, 0.29) is 0 Å². The molecule has 1 aromatic heterocycles. The zero-order chi connectivity index (χ0) is 15.2. The largest absolute Gasteiger partial charge is 0.436 e. The minimum absolute atomic E-state index is 0.342. The van der Waals surface area contributed by atoms with Crippen LogP contribution in [0.2, 0.25) is 15.1 Å². The Labute approximate surface area is 138 Å². The number of ether oxygens (including phenoxy) is 1. The molecule has 0 amide bonds. The van der Waals surface area contributed by atoms with Crippen LogP contribution < -0.4 is 10.1 Å². The van der Waals surface area contributed by atoms with Gasteiger partial charge in [-0.05, 0) is 25.1 Å². The molecule has 0 unspecified atom stereocenters. The van der Waals surface area contributed by atoms with Crippen molar-refractivity contribution in [3.05, 3.63) is 45.0 Å². The van der Waals surface area contributed by atoms with Crippen LogP contribution in [0.15, 0.2) is 24.3 Å². The fourth-order valence-corrected chi connectivity index (χ4v) is 2.16. The molecule has 0 saturated heterocycles. The van der Waals surface area contributed by atoms with Gasteiger partial charge in [0.05, 0.1) is 20.8 Å². The van der Waals surface area contributed by atoms with Gasteiger partial charge in [0.25, 0.3) is 0 Å². The molecule has 4 nitrogen and oxygen atoms in total. The van der Waals surface area contributed by atoms with E-state index in [4.69, 9.17) is 39.5 Å². The monoisotopic (exact) mass is 345 g/mol. The zero-order valence-electron chi connectivity index (χ0n) is 11.4. The van der Waals surface area contributed by atoms with Crippen LogP contribution in [-0.2, 0) is 6.54 Å².